The fourth-order valence-corrected chi connectivity index (χ4v) is 7.85. The molecule has 0 aliphatic carbocycles. The van der Waals surface area contributed by atoms with Crippen LogP contribution in [0.25, 0.3) is 0 Å². The number of benzene rings is 3. The van der Waals surface area contributed by atoms with Gasteiger partial charge >= 0.3 is 6.09 Å². The summed E-state index contributed by atoms with van der Waals surface area (Å²) in [7, 11) is -2.37. The van der Waals surface area contributed by atoms with Crippen LogP contribution in [0.2, 0.25) is 0 Å². The number of rotatable bonds is 21. The van der Waals surface area contributed by atoms with Gasteiger partial charge in [-0.05, 0) is 48.1 Å². The lowest BCUT2D eigenvalue weighted by Gasteiger charge is -2.29. The Hall–Kier alpha value is -3.91. The first-order valence-electron chi connectivity index (χ1n) is 16.8. The summed E-state index contributed by atoms with van der Waals surface area (Å²) in [5.74, 6) is -3.31. The maximum Gasteiger partial charge on any atom is 0.408 e. The third-order valence-electron chi connectivity index (χ3n) is 8.23. The number of halogens is 2. The number of aliphatic hydroxyl groups excluding tert-OH is 1. The maximum absolute atomic E-state index is 14.2. The molecule has 0 aromatic heterocycles. The Morgan fingerprint density at radius 1 is 0.860 bits per heavy atom. The Bertz CT molecular complexity index is 1560. The summed E-state index contributed by atoms with van der Waals surface area (Å²) in [5, 5.41) is 19.0. The highest BCUT2D eigenvalue weighted by atomic mass is 32.2. The van der Waals surface area contributed by atoms with Crippen molar-refractivity contribution in [2.24, 2.45) is 0 Å². The average molecular weight is 718 g/mol. The summed E-state index contributed by atoms with van der Waals surface area (Å²) < 4.78 is 66.2. The fraction of sp³-hybridized carbons (Fsp3) is 0.459. The van der Waals surface area contributed by atoms with E-state index in [1.807, 2.05) is 44.2 Å². The molecular weight excluding hydrogens is 668 g/mol. The van der Waals surface area contributed by atoms with Crippen molar-refractivity contribution in [3.8, 4) is 0 Å². The molecule has 3 aromatic carbocycles. The van der Waals surface area contributed by atoms with Gasteiger partial charge in [-0.3, -0.25) is 4.79 Å². The number of ether oxygens (including phenoxy) is 2. The van der Waals surface area contributed by atoms with Gasteiger partial charge in [-0.1, -0.05) is 87.4 Å². The zero-order valence-electron chi connectivity index (χ0n) is 28.8. The largest absolute Gasteiger partial charge is 0.445 e. The van der Waals surface area contributed by atoms with Crippen LogP contribution in [0.5, 0.6) is 0 Å². The molecule has 0 radical (unpaired) electrons. The molecule has 0 saturated carbocycles. The number of carbonyl (C=O) groups excluding carboxylic acids is 2. The summed E-state index contributed by atoms with van der Waals surface area (Å²) in [6.45, 7) is 3.78. The number of alkyl carbamates (subject to hydrolysis) is 1. The number of methoxy groups -OCH3 is 1. The van der Waals surface area contributed by atoms with Crippen molar-refractivity contribution in [2.75, 3.05) is 26.0 Å². The third-order valence-corrected chi connectivity index (χ3v) is 10.5. The van der Waals surface area contributed by atoms with Gasteiger partial charge in [0.25, 0.3) is 0 Å². The molecule has 0 bridgehead atoms. The number of amides is 2. The Balaban J connectivity index is 1.88. The summed E-state index contributed by atoms with van der Waals surface area (Å²) in [6.07, 6.45) is -0.587. The van der Waals surface area contributed by atoms with Crippen molar-refractivity contribution in [2.45, 2.75) is 82.0 Å². The van der Waals surface area contributed by atoms with Crippen molar-refractivity contribution in [3.05, 3.63) is 107 Å². The van der Waals surface area contributed by atoms with Crippen LogP contribution in [-0.2, 0) is 37.1 Å². The molecule has 4 atom stereocenters. The van der Waals surface area contributed by atoms with Gasteiger partial charge in [-0.2, -0.15) is 0 Å². The number of carbonyl (C=O) groups is 2. The molecule has 0 unspecified atom stereocenters. The van der Waals surface area contributed by atoms with Crippen LogP contribution in [0.15, 0.2) is 78.9 Å². The summed E-state index contributed by atoms with van der Waals surface area (Å²) in [6, 6.07) is 17.9. The molecule has 0 heterocycles. The van der Waals surface area contributed by atoms with E-state index in [-0.39, 0.29) is 37.8 Å². The highest BCUT2D eigenvalue weighted by molar-refractivity contribution is 7.92. The van der Waals surface area contributed by atoms with Crippen molar-refractivity contribution in [1.82, 2.24) is 16.0 Å². The van der Waals surface area contributed by atoms with E-state index in [0.717, 1.165) is 17.7 Å². The minimum absolute atomic E-state index is 0.0871. The first kappa shape index (κ1) is 40.5. The molecule has 0 aliphatic heterocycles. The van der Waals surface area contributed by atoms with Gasteiger partial charge in [0, 0.05) is 19.7 Å². The summed E-state index contributed by atoms with van der Waals surface area (Å²) in [5.41, 5.74) is 1.71. The highest BCUT2D eigenvalue weighted by Gasteiger charge is 2.34. The molecule has 0 saturated heterocycles. The van der Waals surface area contributed by atoms with Crippen molar-refractivity contribution in [3.63, 3.8) is 0 Å². The molecule has 4 N–H and O–H groups in total. The van der Waals surface area contributed by atoms with E-state index < -0.39 is 62.7 Å². The summed E-state index contributed by atoms with van der Waals surface area (Å²) >= 11 is 0. The molecule has 3 aromatic rings. The number of hydrogen-bond acceptors (Lipinski definition) is 8. The van der Waals surface area contributed by atoms with E-state index >= 15 is 0 Å². The Labute approximate surface area is 293 Å². The van der Waals surface area contributed by atoms with Gasteiger partial charge in [0.05, 0.1) is 35.8 Å². The Morgan fingerprint density at radius 2 is 1.46 bits per heavy atom. The minimum atomic E-state index is -3.91. The van der Waals surface area contributed by atoms with E-state index in [1.54, 1.807) is 30.3 Å². The molecule has 10 nitrogen and oxygen atoms in total. The van der Waals surface area contributed by atoms with Crippen LogP contribution in [0, 0.1) is 11.6 Å². The Morgan fingerprint density at radius 3 is 2.04 bits per heavy atom. The van der Waals surface area contributed by atoms with Gasteiger partial charge in [0.2, 0.25) is 5.91 Å². The van der Waals surface area contributed by atoms with Crippen LogP contribution >= 0.6 is 0 Å². The minimum Gasteiger partial charge on any atom is -0.445 e. The number of aliphatic hydroxyl groups is 1. The standard InChI is InChI=1S/C37H49F2N3O7S/c1-4-12-31(13-5-2)50(46,47)25-34(42-37(45)49-23-26-14-8-6-9-15-26)36(44)41-32(20-27-18-29(38)21-30(39)19-27)35(43)22-40-33(24-48-3)28-16-10-7-11-17-28/h6-11,14-19,21,31-35,40,43H,4-5,12-13,20,22-25H2,1-3H3,(H,41,44)(H,42,45)/t32-,33+,34+,35+/m0/s1. The predicted octanol–water partition coefficient (Wildman–Crippen LogP) is 5.01. The number of hydrogen-bond donors (Lipinski definition) is 4. The first-order chi connectivity index (χ1) is 23.9. The SMILES string of the molecule is CCCC(CCC)S(=O)(=O)C[C@@H](NC(=O)OCc1ccccc1)C(=O)N[C@@H](Cc1cc(F)cc(F)c1)[C@H](O)CN[C@H](COC)c1ccccc1. The molecule has 0 spiro atoms. The second-order valence-electron chi connectivity index (χ2n) is 12.3. The van der Waals surface area contributed by atoms with Crippen molar-refractivity contribution < 1.29 is 41.4 Å². The number of nitrogens with one attached hydrogen (secondary N) is 3. The topological polar surface area (TPSA) is 143 Å². The fourth-order valence-electron chi connectivity index (χ4n) is 5.69. The van der Waals surface area contributed by atoms with Gasteiger partial charge in [0.15, 0.2) is 9.84 Å². The van der Waals surface area contributed by atoms with Crippen LogP contribution in [0.1, 0.15) is 62.3 Å². The highest BCUT2D eigenvalue weighted by Crippen LogP contribution is 2.19. The molecule has 13 heteroatoms. The molecular formula is C37H49F2N3O7S. The van der Waals surface area contributed by atoms with E-state index in [4.69, 9.17) is 9.47 Å². The molecule has 50 heavy (non-hydrogen) atoms. The summed E-state index contributed by atoms with van der Waals surface area (Å²) in [4.78, 5) is 26.9. The van der Waals surface area contributed by atoms with Crippen LogP contribution in [-0.4, -0.2) is 75.0 Å². The van der Waals surface area contributed by atoms with Gasteiger partial charge in [-0.15, -0.1) is 0 Å². The van der Waals surface area contributed by atoms with Crippen molar-refractivity contribution in [1.29, 1.82) is 0 Å². The van der Waals surface area contributed by atoms with Gasteiger partial charge in [-0.25, -0.2) is 22.0 Å². The van der Waals surface area contributed by atoms with Crippen LogP contribution in [0.4, 0.5) is 13.6 Å². The molecule has 0 fully saturated rings. The first-order valence-corrected chi connectivity index (χ1v) is 18.6. The lowest BCUT2D eigenvalue weighted by molar-refractivity contribution is -0.124. The molecule has 2 amide bonds. The smallest absolute Gasteiger partial charge is 0.408 e. The van der Waals surface area contributed by atoms with E-state index in [0.29, 0.717) is 37.3 Å². The molecule has 0 aliphatic rings. The van der Waals surface area contributed by atoms with E-state index in [1.165, 1.54) is 7.11 Å². The second kappa shape index (κ2) is 20.7. The zero-order valence-corrected chi connectivity index (χ0v) is 29.6. The molecule has 274 valence electrons. The third kappa shape index (κ3) is 13.4. The Kier molecular flexibility index (Phi) is 16.8. The average Bonchev–Trinajstić information content (AvgIpc) is 3.08. The maximum atomic E-state index is 14.2. The zero-order chi connectivity index (χ0) is 36.5. The van der Waals surface area contributed by atoms with Crippen molar-refractivity contribution >= 4 is 21.8 Å². The van der Waals surface area contributed by atoms with Gasteiger partial charge in [0.1, 0.15) is 24.3 Å². The quantitative estimate of drug-likeness (QED) is 0.121. The lowest BCUT2D eigenvalue weighted by Crippen LogP contribution is -2.57. The predicted molar refractivity (Wildman–Crippen MR) is 188 cm³/mol. The number of sulfone groups is 1. The van der Waals surface area contributed by atoms with Crippen LogP contribution in [0.3, 0.4) is 0 Å². The van der Waals surface area contributed by atoms with Gasteiger partial charge < -0.3 is 30.5 Å². The van der Waals surface area contributed by atoms with E-state index in [9.17, 15) is 31.9 Å². The monoisotopic (exact) mass is 717 g/mol. The molecule has 3 rings (SSSR count). The normalized spacial score (nSPS) is 14.1. The van der Waals surface area contributed by atoms with E-state index in [2.05, 4.69) is 16.0 Å². The van der Waals surface area contributed by atoms with Crippen LogP contribution < -0.4 is 16.0 Å². The second-order valence-corrected chi connectivity index (χ2v) is 14.6. The lowest BCUT2D eigenvalue weighted by atomic mass is 9.99.